The largest absolute Gasteiger partial charge is 0.272 e. The van der Waals surface area contributed by atoms with Crippen LogP contribution in [0.4, 0.5) is 35.1 Å². The molecule has 0 aliphatic heterocycles. The minimum atomic E-state index is -3.85. The van der Waals surface area contributed by atoms with Crippen LogP contribution in [0.1, 0.15) is 0 Å². The van der Waals surface area contributed by atoms with Crippen LogP contribution in [0.5, 0.6) is 0 Å². The van der Waals surface area contributed by atoms with Gasteiger partial charge in [0.05, 0.1) is 6.33 Å². The summed E-state index contributed by atoms with van der Waals surface area (Å²) in [6.07, 6.45) is -21.0. The molecule has 8 heteroatoms. The predicted octanol–water partition coefficient (Wildman–Crippen LogP) is 3.43. The molecule has 0 saturated heterocycles. The third kappa shape index (κ3) is 3.97. The lowest BCUT2D eigenvalue weighted by atomic mass is 10.0. The first-order chi connectivity index (χ1) is 7.32. The minimum Gasteiger partial charge on any atom is -0.241 e. The van der Waals surface area contributed by atoms with Crippen molar-refractivity contribution in [2.45, 2.75) is 37.3 Å². The maximum atomic E-state index is 12.7. The molecule has 0 aromatic carbocycles. The Labute approximate surface area is 85.9 Å². The molecule has 5 atom stereocenters. The molecular formula is C8H8F8. The number of halogens is 8. The summed E-state index contributed by atoms with van der Waals surface area (Å²) < 4.78 is 97.0. The van der Waals surface area contributed by atoms with Crippen molar-refractivity contribution < 1.29 is 35.1 Å². The standard InChI is InChI=1S/C8H8F8/c9-2-1-3(10)4(11)5(12)6(13)7(14)8(15)16/h1-8H. The van der Waals surface area contributed by atoms with Gasteiger partial charge in [0, 0.05) is 0 Å². The Hall–Kier alpha value is -0.820. The van der Waals surface area contributed by atoms with E-state index in [-0.39, 0.29) is 6.08 Å². The number of rotatable bonds is 6. The highest BCUT2D eigenvalue weighted by atomic mass is 19.3. The van der Waals surface area contributed by atoms with Crippen LogP contribution < -0.4 is 0 Å². The molecule has 0 spiro atoms. The summed E-state index contributed by atoms with van der Waals surface area (Å²) in [4.78, 5) is 0. The third-order valence-corrected chi connectivity index (χ3v) is 1.71. The summed E-state index contributed by atoms with van der Waals surface area (Å²) in [6, 6.07) is 0. The summed E-state index contributed by atoms with van der Waals surface area (Å²) in [5.74, 6) is 0. The van der Waals surface area contributed by atoms with Crippen LogP contribution in [0.2, 0.25) is 0 Å². The van der Waals surface area contributed by atoms with E-state index in [1.807, 2.05) is 0 Å². The van der Waals surface area contributed by atoms with E-state index in [4.69, 9.17) is 0 Å². The normalized spacial score (nSPS) is 22.1. The summed E-state index contributed by atoms with van der Waals surface area (Å²) in [6.45, 7) is 0. The molecule has 0 rings (SSSR count). The van der Waals surface area contributed by atoms with Gasteiger partial charge in [-0.1, -0.05) is 0 Å². The summed E-state index contributed by atoms with van der Waals surface area (Å²) in [5, 5.41) is 0. The second-order valence-corrected chi connectivity index (χ2v) is 2.88. The molecule has 0 radical (unpaired) electrons. The van der Waals surface area contributed by atoms with E-state index in [0.29, 0.717) is 0 Å². The summed E-state index contributed by atoms with van der Waals surface area (Å²) in [5.41, 5.74) is 0. The zero-order valence-corrected chi connectivity index (χ0v) is 7.64. The second-order valence-electron chi connectivity index (χ2n) is 2.88. The smallest absolute Gasteiger partial charge is 0.241 e. The predicted molar refractivity (Wildman–Crippen MR) is 40.7 cm³/mol. The highest BCUT2D eigenvalue weighted by molar-refractivity contribution is 4.95. The molecule has 0 heterocycles. The van der Waals surface area contributed by atoms with E-state index >= 15 is 0 Å². The van der Waals surface area contributed by atoms with Gasteiger partial charge in [0.15, 0.2) is 30.9 Å². The van der Waals surface area contributed by atoms with Crippen molar-refractivity contribution in [2.75, 3.05) is 0 Å². The van der Waals surface area contributed by atoms with Crippen molar-refractivity contribution in [1.82, 2.24) is 0 Å². The van der Waals surface area contributed by atoms with E-state index in [0.717, 1.165) is 0 Å². The van der Waals surface area contributed by atoms with E-state index in [1.165, 1.54) is 0 Å². The monoisotopic (exact) mass is 256 g/mol. The lowest BCUT2D eigenvalue weighted by Crippen LogP contribution is -2.41. The first-order valence-electron chi connectivity index (χ1n) is 4.08. The van der Waals surface area contributed by atoms with Gasteiger partial charge in [-0.3, -0.25) is 0 Å². The molecule has 0 aromatic rings. The molecule has 5 unspecified atom stereocenters. The number of hydrogen-bond acceptors (Lipinski definition) is 0. The van der Waals surface area contributed by atoms with Crippen molar-refractivity contribution in [3.63, 3.8) is 0 Å². The molecule has 16 heavy (non-hydrogen) atoms. The van der Waals surface area contributed by atoms with Crippen LogP contribution in [-0.4, -0.2) is 37.3 Å². The van der Waals surface area contributed by atoms with Gasteiger partial charge in [0.25, 0.3) is 6.43 Å². The first kappa shape index (κ1) is 15.2. The van der Waals surface area contributed by atoms with E-state index in [1.54, 1.807) is 0 Å². The van der Waals surface area contributed by atoms with Crippen molar-refractivity contribution in [1.29, 1.82) is 0 Å². The molecule has 0 N–H and O–H groups in total. The van der Waals surface area contributed by atoms with Gasteiger partial charge in [-0.25, -0.2) is 35.1 Å². The Morgan fingerprint density at radius 3 is 1.44 bits per heavy atom. The number of allylic oxidation sites excluding steroid dienone is 1. The Kier molecular flexibility index (Phi) is 6.35. The second kappa shape index (κ2) is 6.70. The summed E-state index contributed by atoms with van der Waals surface area (Å²) in [7, 11) is 0. The van der Waals surface area contributed by atoms with Crippen LogP contribution in [0, 0.1) is 0 Å². The quantitative estimate of drug-likeness (QED) is 0.639. The fourth-order valence-corrected chi connectivity index (χ4v) is 0.842. The number of hydrogen-bond donors (Lipinski definition) is 0. The molecule has 0 bridgehead atoms. The van der Waals surface area contributed by atoms with Crippen LogP contribution >= 0.6 is 0 Å². The minimum absolute atomic E-state index is 0.0838. The molecule has 0 amide bonds. The van der Waals surface area contributed by atoms with Gasteiger partial charge in [-0.15, -0.1) is 0 Å². The highest BCUT2D eigenvalue weighted by Crippen LogP contribution is 2.24. The molecule has 0 fully saturated rings. The number of alkyl halides is 7. The lowest BCUT2D eigenvalue weighted by molar-refractivity contribution is -0.0472. The van der Waals surface area contributed by atoms with Gasteiger partial charge in [-0.2, -0.15) is 0 Å². The van der Waals surface area contributed by atoms with Crippen molar-refractivity contribution >= 4 is 0 Å². The van der Waals surface area contributed by atoms with E-state index < -0.39 is 43.6 Å². The Morgan fingerprint density at radius 1 is 0.625 bits per heavy atom. The maximum absolute atomic E-state index is 12.7. The van der Waals surface area contributed by atoms with Crippen LogP contribution in [0.25, 0.3) is 0 Å². The summed E-state index contributed by atoms with van der Waals surface area (Å²) >= 11 is 0. The molecule has 0 aliphatic rings. The van der Waals surface area contributed by atoms with Crippen LogP contribution in [-0.2, 0) is 0 Å². The van der Waals surface area contributed by atoms with Crippen molar-refractivity contribution in [3.05, 3.63) is 12.4 Å². The molecule has 0 aromatic heterocycles. The Balaban J connectivity index is 4.47. The van der Waals surface area contributed by atoms with Gasteiger partial charge < -0.3 is 0 Å². The SMILES string of the molecule is FC=CC(F)C(F)C(F)C(F)C(F)C(F)F. The van der Waals surface area contributed by atoms with Crippen LogP contribution in [0.3, 0.4) is 0 Å². The Morgan fingerprint density at radius 2 is 1.06 bits per heavy atom. The van der Waals surface area contributed by atoms with Gasteiger partial charge in [0.2, 0.25) is 0 Å². The van der Waals surface area contributed by atoms with Gasteiger partial charge >= 0.3 is 0 Å². The molecule has 0 aliphatic carbocycles. The molecule has 0 saturated carbocycles. The lowest BCUT2D eigenvalue weighted by Gasteiger charge is -2.20. The first-order valence-corrected chi connectivity index (χ1v) is 4.08. The maximum Gasteiger partial charge on any atom is 0.272 e. The highest BCUT2D eigenvalue weighted by Gasteiger charge is 2.43. The van der Waals surface area contributed by atoms with E-state index in [2.05, 4.69) is 0 Å². The average molecular weight is 256 g/mol. The fraction of sp³-hybridized carbons (Fsp3) is 0.750. The molecule has 96 valence electrons. The topological polar surface area (TPSA) is 0 Å². The van der Waals surface area contributed by atoms with Crippen molar-refractivity contribution in [2.24, 2.45) is 0 Å². The van der Waals surface area contributed by atoms with Crippen molar-refractivity contribution in [3.8, 4) is 0 Å². The Bertz CT molecular complexity index is 218. The average Bonchev–Trinajstić information content (AvgIpc) is 2.25. The van der Waals surface area contributed by atoms with Gasteiger partial charge in [0.1, 0.15) is 0 Å². The van der Waals surface area contributed by atoms with Gasteiger partial charge in [-0.05, 0) is 6.08 Å². The molecule has 0 nitrogen and oxygen atoms in total. The molecular weight excluding hydrogens is 248 g/mol. The zero-order chi connectivity index (χ0) is 12.9. The third-order valence-electron chi connectivity index (χ3n) is 1.71. The van der Waals surface area contributed by atoms with E-state index in [9.17, 15) is 35.1 Å². The van der Waals surface area contributed by atoms with Crippen LogP contribution in [0.15, 0.2) is 12.4 Å². The fourth-order valence-electron chi connectivity index (χ4n) is 0.842. The zero-order valence-electron chi connectivity index (χ0n) is 7.64.